The van der Waals surface area contributed by atoms with Crippen molar-refractivity contribution in [1.82, 2.24) is 9.88 Å². The van der Waals surface area contributed by atoms with Gasteiger partial charge in [0.1, 0.15) is 12.4 Å². The molecule has 1 aliphatic heterocycles. The maximum absolute atomic E-state index is 13.8. The summed E-state index contributed by atoms with van der Waals surface area (Å²) in [7, 11) is 1.60. The molecule has 0 saturated carbocycles. The molecule has 9 heteroatoms. The van der Waals surface area contributed by atoms with E-state index < -0.39 is 24.1 Å². The number of hydrogen-bond donors (Lipinski definition) is 1. The number of aromatic nitrogens is 1. The fourth-order valence-corrected chi connectivity index (χ4v) is 6.05. The molecule has 0 spiro atoms. The van der Waals surface area contributed by atoms with Crippen molar-refractivity contribution in [2.75, 3.05) is 39.1 Å². The molecule has 1 N–H and O–H groups in total. The Morgan fingerprint density at radius 3 is 2.49 bits per heavy atom. The Morgan fingerprint density at radius 1 is 1.11 bits per heavy atom. The van der Waals surface area contributed by atoms with Crippen LogP contribution in [0.3, 0.4) is 0 Å². The van der Waals surface area contributed by atoms with Crippen molar-refractivity contribution in [3.8, 4) is 5.75 Å². The van der Waals surface area contributed by atoms with E-state index in [2.05, 4.69) is 9.88 Å². The summed E-state index contributed by atoms with van der Waals surface area (Å²) in [5.74, 6) is -2.46. The van der Waals surface area contributed by atoms with Gasteiger partial charge in [0.15, 0.2) is 17.5 Å². The van der Waals surface area contributed by atoms with Crippen LogP contribution in [0.2, 0.25) is 0 Å². The van der Waals surface area contributed by atoms with Crippen LogP contribution in [0.4, 0.5) is 17.6 Å². The lowest BCUT2D eigenvalue weighted by Gasteiger charge is -2.41. The van der Waals surface area contributed by atoms with E-state index in [4.69, 9.17) is 4.74 Å². The van der Waals surface area contributed by atoms with Crippen molar-refractivity contribution in [1.29, 1.82) is 0 Å². The monoisotopic (exact) mass is 536 g/mol. The van der Waals surface area contributed by atoms with Crippen LogP contribution >= 0.6 is 11.8 Å². The van der Waals surface area contributed by atoms with E-state index in [9.17, 15) is 22.7 Å². The van der Waals surface area contributed by atoms with Crippen molar-refractivity contribution in [3.63, 3.8) is 0 Å². The van der Waals surface area contributed by atoms with Crippen LogP contribution in [0.5, 0.6) is 5.75 Å². The zero-order chi connectivity index (χ0) is 26.4. The Morgan fingerprint density at radius 2 is 1.84 bits per heavy atom. The molecule has 0 atom stereocenters. The van der Waals surface area contributed by atoms with Gasteiger partial charge in [-0.3, -0.25) is 4.98 Å². The number of aliphatic hydroxyl groups excluding tert-OH is 1. The molecule has 37 heavy (non-hydrogen) atoms. The van der Waals surface area contributed by atoms with E-state index in [1.807, 2.05) is 18.2 Å². The lowest BCUT2D eigenvalue weighted by molar-refractivity contribution is 0.0378. The number of halogens is 4. The molecule has 1 saturated heterocycles. The van der Waals surface area contributed by atoms with Gasteiger partial charge in [-0.1, -0.05) is 0 Å². The van der Waals surface area contributed by atoms with Crippen molar-refractivity contribution in [3.05, 3.63) is 65.1 Å². The molecule has 0 bridgehead atoms. The van der Waals surface area contributed by atoms with Gasteiger partial charge in [-0.25, -0.2) is 17.6 Å². The number of thioether (sulfide) groups is 1. The molecule has 4 nitrogen and oxygen atoms in total. The Bertz CT molecular complexity index is 1190. The molecule has 0 radical (unpaired) electrons. The third-order valence-electron chi connectivity index (χ3n) is 7.44. The average molecular weight is 537 g/mol. The lowest BCUT2D eigenvalue weighted by atomic mass is 9.75. The second-order valence-corrected chi connectivity index (χ2v) is 10.8. The number of likely N-dealkylation sites (tertiary alicyclic amines) is 1. The topological polar surface area (TPSA) is 45.6 Å². The number of nitrogens with zero attached hydrogens (tertiary/aromatic N) is 2. The summed E-state index contributed by atoms with van der Waals surface area (Å²) in [5, 5.41) is 11.2. The van der Waals surface area contributed by atoms with E-state index in [-0.39, 0.29) is 12.0 Å². The van der Waals surface area contributed by atoms with Gasteiger partial charge in [0.2, 0.25) is 0 Å². The zero-order valence-electron chi connectivity index (χ0n) is 20.9. The van der Waals surface area contributed by atoms with Gasteiger partial charge in [-0.2, -0.15) is 0 Å². The van der Waals surface area contributed by atoms with E-state index in [1.165, 1.54) is 11.8 Å². The number of rotatable bonds is 11. The van der Waals surface area contributed by atoms with E-state index in [0.29, 0.717) is 28.4 Å². The summed E-state index contributed by atoms with van der Waals surface area (Å²) in [6.07, 6.45) is 5.64. The summed E-state index contributed by atoms with van der Waals surface area (Å²) in [4.78, 5) is 7.03. The minimum atomic E-state index is -1.45. The Hall–Kier alpha value is -2.36. The molecule has 1 fully saturated rings. The quantitative estimate of drug-likeness (QED) is 0.177. The third-order valence-corrected chi connectivity index (χ3v) is 8.40. The Balaban J connectivity index is 1.31. The Kier molecular flexibility index (Phi) is 9.31. The molecule has 1 aliphatic rings. The van der Waals surface area contributed by atoms with E-state index in [0.717, 1.165) is 73.9 Å². The number of piperidine rings is 1. The van der Waals surface area contributed by atoms with Crippen LogP contribution < -0.4 is 4.74 Å². The fraction of sp³-hybridized carbons (Fsp3) is 0.464. The minimum Gasteiger partial charge on any atom is -0.497 e. The number of aryl methyl sites for hydroxylation is 1. The molecule has 0 aliphatic carbocycles. The molecule has 1 aromatic heterocycles. The van der Waals surface area contributed by atoms with E-state index >= 15 is 0 Å². The number of fused-ring (bicyclic) bond motifs is 1. The van der Waals surface area contributed by atoms with Gasteiger partial charge in [0.25, 0.3) is 0 Å². The van der Waals surface area contributed by atoms with Gasteiger partial charge < -0.3 is 14.7 Å². The zero-order valence-corrected chi connectivity index (χ0v) is 21.7. The molecule has 2 aromatic carbocycles. The van der Waals surface area contributed by atoms with Crippen molar-refractivity contribution in [2.24, 2.45) is 5.41 Å². The predicted molar refractivity (Wildman–Crippen MR) is 138 cm³/mol. The van der Waals surface area contributed by atoms with Crippen LogP contribution in [0.25, 0.3) is 10.9 Å². The first-order valence-corrected chi connectivity index (χ1v) is 13.5. The first kappa shape index (κ1) is 27.7. The number of benzene rings is 2. The molecular formula is C28H32F4N2O2S. The molecule has 0 amide bonds. The lowest BCUT2D eigenvalue weighted by Crippen LogP contribution is -2.42. The largest absolute Gasteiger partial charge is 0.497 e. The second kappa shape index (κ2) is 12.5. The fourth-order valence-electron chi connectivity index (χ4n) is 5.09. The number of alkyl halides is 1. The summed E-state index contributed by atoms with van der Waals surface area (Å²) in [6.45, 7) is 1.89. The molecule has 2 heterocycles. The Labute approximate surface area is 219 Å². The number of hydrogen-bond acceptors (Lipinski definition) is 5. The first-order valence-electron chi connectivity index (χ1n) is 12.5. The average Bonchev–Trinajstić information content (AvgIpc) is 2.92. The summed E-state index contributed by atoms with van der Waals surface area (Å²) in [5.41, 5.74) is 2.17. The second-order valence-electron chi connectivity index (χ2n) is 9.68. The van der Waals surface area contributed by atoms with Crippen molar-refractivity contribution in [2.45, 2.75) is 43.7 Å². The van der Waals surface area contributed by atoms with Crippen LogP contribution in [0.1, 0.15) is 36.8 Å². The SMILES string of the molecule is COc1ccc2ncc(CF)c(CCCC3(CO)CCN(CCSc4cc(F)c(F)c(F)c4)CC3)c2c1. The number of aliphatic hydroxyl groups is 1. The summed E-state index contributed by atoms with van der Waals surface area (Å²) >= 11 is 1.29. The van der Waals surface area contributed by atoms with Crippen molar-refractivity contribution < 1.29 is 27.4 Å². The van der Waals surface area contributed by atoms with Crippen LogP contribution in [-0.4, -0.2) is 54.1 Å². The number of ether oxygens (including phenoxy) is 1. The van der Waals surface area contributed by atoms with Crippen LogP contribution in [0, 0.1) is 22.9 Å². The van der Waals surface area contributed by atoms with Crippen molar-refractivity contribution >= 4 is 22.7 Å². The van der Waals surface area contributed by atoms with Gasteiger partial charge >= 0.3 is 0 Å². The molecule has 200 valence electrons. The van der Waals surface area contributed by atoms with E-state index in [1.54, 1.807) is 13.3 Å². The highest BCUT2D eigenvalue weighted by atomic mass is 32.2. The minimum absolute atomic E-state index is 0.102. The standard InChI is InChI=1S/C28H32F4N2O2S/c1-36-20-4-5-26-23(13-20)22(19(16-29)17-33-26)3-2-6-28(18-35)7-9-34(10-8-28)11-12-37-21-14-24(30)27(32)25(31)15-21/h4-5,13-15,17,35H,2-3,6-12,16,18H2,1H3. The normalized spacial score (nSPS) is 15.8. The molecule has 4 rings (SSSR count). The highest BCUT2D eigenvalue weighted by molar-refractivity contribution is 7.99. The maximum atomic E-state index is 13.8. The van der Waals surface area contributed by atoms with Gasteiger partial charge in [-0.15, -0.1) is 11.8 Å². The molecule has 0 unspecified atom stereocenters. The predicted octanol–water partition coefficient (Wildman–Crippen LogP) is 6.32. The smallest absolute Gasteiger partial charge is 0.194 e. The first-order chi connectivity index (χ1) is 17.9. The third kappa shape index (κ3) is 6.56. The molecular weight excluding hydrogens is 504 g/mol. The van der Waals surface area contributed by atoms with Gasteiger partial charge in [0, 0.05) is 40.9 Å². The summed E-state index contributed by atoms with van der Waals surface area (Å²) < 4.78 is 59.1. The van der Waals surface area contributed by atoms with Crippen LogP contribution in [-0.2, 0) is 13.1 Å². The highest BCUT2D eigenvalue weighted by Crippen LogP contribution is 2.37. The number of methoxy groups -OCH3 is 1. The summed E-state index contributed by atoms with van der Waals surface area (Å²) in [6, 6.07) is 7.67. The maximum Gasteiger partial charge on any atom is 0.194 e. The van der Waals surface area contributed by atoms with Gasteiger partial charge in [-0.05, 0) is 86.5 Å². The van der Waals surface area contributed by atoms with Crippen LogP contribution in [0.15, 0.2) is 41.4 Å². The van der Waals surface area contributed by atoms with Gasteiger partial charge in [0.05, 0.1) is 12.6 Å². The highest BCUT2D eigenvalue weighted by Gasteiger charge is 2.33. The number of pyridine rings is 1. The molecule has 3 aromatic rings.